The minimum absolute atomic E-state index is 0.101. The summed E-state index contributed by atoms with van der Waals surface area (Å²) in [5.74, 6) is 0.0166. The van der Waals surface area contributed by atoms with Crippen LogP contribution in [-0.4, -0.2) is 34.9 Å². The van der Waals surface area contributed by atoms with Gasteiger partial charge in [0.15, 0.2) is 6.61 Å². The molecule has 0 spiro atoms. The predicted octanol–water partition coefficient (Wildman–Crippen LogP) is 5.70. The standard InChI is InChI=1S/C23H27Cl2IN2O3/c1-5-20(22(30)27-23(2,3)4)28(13-17-18(24)7-6-8-19(17)25)21(29)14-31-16-11-9-15(26)10-12-16/h6-12,20H,5,13-14H2,1-4H3,(H,27,30)/t20-/m0/s1. The number of rotatable bonds is 8. The van der Waals surface area contributed by atoms with Crippen molar-refractivity contribution < 1.29 is 14.3 Å². The monoisotopic (exact) mass is 576 g/mol. The Morgan fingerprint density at radius 2 is 1.68 bits per heavy atom. The normalized spacial score (nSPS) is 12.2. The molecule has 31 heavy (non-hydrogen) atoms. The van der Waals surface area contributed by atoms with E-state index in [9.17, 15) is 9.59 Å². The number of hydrogen-bond acceptors (Lipinski definition) is 3. The first-order valence-corrected chi connectivity index (χ1v) is 11.8. The van der Waals surface area contributed by atoms with Crippen LogP contribution in [0.2, 0.25) is 10.0 Å². The van der Waals surface area contributed by atoms with Crippen LogP contribution in [0.5, 0.6) is 5.75 Å². The zero-order valence-electron chi connectivity index (χ0n) is 18.0. The molecule has 0 unspecified atom stereocenters. The van der Waals surface area contributed by atoms with Crippen LogP contribution in [0, 0.1) is 3.57 Å². The Morgan fingerprint density at radius 3 is 2.19 bits per heavy atom. The third-order valence-electron chi connectivity index (χ3n) is 4.45. The van der Waals surface area contributed by atoms with Crippen molar-refractivity contribution in [2.24, 2.45) is 0 Å². The largest absolute Gasteiger partial charge is 0.484 e. The molecule has 2 aromatic carbocycles. The highest BCUT2D eigenvalue weighted by Gasteiger charge is 2.31. The van der Waals surface area contributed by atoms with Crippen molar-refractivity contribution in [3.8, 4) is 5.75 Å². The van der Waals surface area contributed by atoms with Crippen molar-refractivity contribution in [3.05, 3.63) is 61.6 Å². The molecular weight excluding hydrogens is 550 g/mol. The van der Waals surface area contributed by atoms with Gasteiger partial charge in [-0.1, -0.05) is 36.2 Å². The van der Waals surface area contributed by atoms with E-state index < -0.39 is 11.6 Å². The van der Waals surface area contributed by atoms with Gasteiger partial charge in [0.1, 0.15) is 11.8 Å². The van der Waals surface area contributed by atoms with Crippen molar-refractivity contribution >= 4 is 57.6 Å². The third kappa shape index (κ3) is 7.84. The maximum atomic E-state index is 13.2. The van der Waals surface area contributed by atoms with E-state index in [-0.39, 0.29) is 25.0 Å². The van der Waals surface area contributed by atoms with Gasteiger partial charge in [0.05, 0.1) is 0 Å². The highest BCUT2D eigenvalue weighted by molar-refractivity contribution is 14.1. The number of ether oxygens (including phenoxy) is 1. The summed E-state index contributed by atoms with van der Waals surface area (Å²) in [6, 6.07) is 11.9. The summed E-state index contributed by atoms with van der Waals surface area (Å²) in [7, 11) is 0. The third-order valence-corrected chi connectivity index (χ3v) is 5.88. The Hall–Kier alpha value is -1.51. The summed E-state index contributed by atoms with van der Waals surface area (Å²) >= 11 is 14.9. The van der Waals surface area contributed by atoms with E-state index in [4.69, 9.17) is 27.9 Å². The van der Waals surface area contributed by atoms with Crippen LogP contribution in [0.3, 0.4) is 0 Å². The lowest BCUT2D eigenvalue weighted by Crippen LogP contribution is -2.54. The Kier molecular flexibility index (Phi) is 9.45. The van der Waals surface area contributed by atoms with Crippen LogP contribution in [-0.2, 0) is 16.1 Å². The van der Waals surface area contributed by atoms with Gasteiger partial charge in [0, 0.05) is 31.3 Å². The Balaban J connectivity index is 2.29. The summed E-state index contributed by atoms with van der Waals surface area (Å²) in [4.78, 5) is 27.7. The second-order valence-corrected chi connectivity index (χ2v) is 10.2. The van der Waals surface area contributed by atoms with Crippen molar-refractivity contribution in [3.63, 3.8) is 0 Å². The fraction of sp³-hybridized carbons (Fsp3) is 0.391. The number of carbonyl (C=O) groups excluding carboxylic acids is 2. The molecule has 0 saturated carbocycles. The van der Waals surface area contributed by atoms with E-state index in [0.717, 1.165) is 3.57 Å². The van der Waals surface area contributed by atoms with Crippen molar-refractivity contribution in [2.45, 2.75) is 52.2 Å². The number of benzene rings is 2. The van der Waals surface area contributed by atoms with Crippen molar-refractivity contribution in [1.29, 1.82) is 0 Å². The highest BCUT2D eigenvalue weighted by Crippen LogP contribution is 2.27. The number of carbonyl (C=O) groups is 2. The van der Waals surface area contributed by atoms with E-state index >= 15 is 0 Å². The fourth-order valence-electron chi connectivity index (χ4n) is 2.98. The lowest BCUT2D eigenvalue weighted by Gasteiger charge is -2.33. The Bertz CT molecular complexity index is 894. The van der Waals surface area contributed by atoms with Gasteiger partial charge >= 0.3 is 0 Å². The number of halogens is 3. The molecule has 0 aliphatic heterocycles. The lowest BCUT2D eigenvalue weighted by molar-refractivity contribution is -0.143. The summed E-state index contributed by atoms with van der Waals surface area (Å²) in [6.45, 7) is 7.45. The van der Waals surface area contributed by atoms with Gasteiger partial charge in [0.25, 0.3) is 5.91 Å². The van der Waals surface area contributed by atoms with Gasteiger partial charge in [-0.2, -0.15) is 0 Å². The number of amides is 2. The second-order valence-electron chi connectivity index (χ2n) is 8.13. The van der Waals surface area contributed by atoms with E-state index in [1.807, 2.05) is 39.8 Å². The van der Waals surface area contributed by atoms with Gasteiger partial charge in [0.2, 0.25) is 5.91 Å². The molecule has 2 rings (SSSR count). The Labute approximate surface area is 207 Å². The van der Waals surface area contributed by atoms with Gasteiger partial charge < -0.3 is 15.0 Å². The first kappa shape index (κ1) is 25.7. The molecule has 1 atom stereocenters. The maximum Gasteiger partial charge on any atom is 0.261 e. The molecular formula is C23H27Cl2IN2O3. The van der Waals surface area contributed by atoms with Crippen molar-refractivity contribution in [1.82, 2.24) is 10.2 Å². The molecule has 168 valence electrons. The van der Waals surface area contributed by atoms with Gasteiger partial charge in [-0.25, -0.2) is 0 Å². The van der Waals surface area contributed by atoms with Crippen LogP contribution in [0.25, 0.3) is 0 Å². The lowest BCUT2D eigenvalue weighted by atomic mass is 10.1. The molecule has 2 amide bonds. The quantitative estimate of drug-likeness (QED) is 0.410. The predicted molar refractivity (Wildman–Crippen MR) is 134 cm³/mol. The molecule has 0 fully saturated rings. The molecule has 0 radical (unpaired) electrons. The molecule has 5 nitrogen and oxygen atoms in total. The SMILES string of the molecule is CC[C@@H](C(=O)NC(C)(C)C)N(Cc1c(Cl)cccc1Cl)C(=O)COc1ccc(I)cc1. The van der Waals surface area contributed by atoms with Gasteiger partial charge in [-0.05, 0) is 86.2 Å². The maximum absolute atomic E-state index is 13.2. The van der Waals surface area contributed by atoms with Gasteiger partial charge in [-0.15, -0.1) is 0 Å². The molecule has 2 aromatic rings. The van der Waals surface area contributed by atoms with Crippen LogP contribution in [0.1, 0.15) is 39.7 Å². The van der Waals surface area contributed by atoms with E-state index in [0.29, 0.717) is 27.8 Å². The molecule has 0 bridgehead atoms. The highest BCUT2D eigenvalue weighted by atomic mass is 127. The first-order chi connectivity index (χ1) is 14.5. The van der Waals surface area contributed by atoms with E-state index in [1.165, 1.54) is 4.90 Å². The van der Waals surface area contributed by atoms with E-state index in [2.05, 4.69) is 27.9 Å². The summed E-state index contributed by atoms with van der Waals surface area (Å²) in [6.07, 6.45) is 0.430. The van der Waals surface area contributed by atoms with E-state index in [1.54, 1.807) is 30.3 Å². The fourth-order valence-corrected chi connectivity index (χ4v) is 3.86. The van der Waals surface area contributed by atoms with Crippen LogP contribution >= 0.6 is 45.8 Å². The molecule has 0 aromatic heterocycles. The molecule has 0 saturated heterocycles. The topological polar surface area (TPSA) is 58.6 Å². The summed E-state index contributed by atoms with van der Waals surface area (Å²) < 4.78 is 6.75. The second kappa shape index (κ2) is 11.4. The summed E-state index contributed by atoms with van der Waals surface area (Å²) in [5, 5.41) is 3.84. The zero-order chi connectivity index (χ0) is 23.2. The molecule has 8 heteroatoms. The first-order valence-electron chi connectivity index (χ1n) is 9.94. The molecule has 0 heterocycles. The zero-order valence-corrected chi connectivity index (χ0v) is 21.7. The number of nitrogens with zero attached hydrogens (tertiary/aromatic N) is 1. The average molecular weight is 577 g/mol. The Morgan fingerprint density at radius 1 is 1.10 bits per heavy atom. The number of nitrogens with one attached hydrogen (secondary N) is 1. The smallest absolute Gasteiger partial charge is 0.261 e. The molecule has 0 aliphatic rings. The van der Waals surface area contributed by atoms with Crippen molar-refractivity contribution in [2.75, 3.05) is 6.61 Å². The number of hydrogen-bond donors (Lipinski definition) is 1. The van der Waals surface area contributed by atoms with Gasteiger partial charge in [-0.3, -0.25) is 9.59 Å². The van der Waals surface area contributed by atoms with Crippen LogP contribution in [0.15, 0.2) is 42.5 Å². The molecule has 1 N–H and O–H groups in total. The minimum Gasteiger partial charge on any atom is -0.484 e. The van der Waals surface area contributed by atoms with Crippen LogP contribution in [0.4, 0.5) is 0 Å². The summed E-state index contributed by atoms with van der Waals surface area (Å²) in [5.41, 5.74) is 0.161. The minimum atomic E-state index is -0.695. The van der Waals surface area contributed by atoms with Crippen LogP contribution < -0.4 is 10.1 Å². The molecule has 0 aliphatic carbocycles. The average Bonchev–Trinajstić information content (AvgIpc) is 2.68.